The van der Waals surface area contributed by atoms with Crippen LogP contribution in [0.1, 0.15) is 12.8 Å². The number of carbonyl (C=O) groups excluding carboxylic acids is 1. The number of hydrogen-bond donors (Lipinski definition) is 1. The van der Waals surface area contributed by atoms with Crippen LogP contribution in [0, 0.1) is 5.92 Å². The molecule has 0 aromatic carbocycles. The average molecular weight is 421 g/mol. The lowest BCUT2D eigenvalue weighted by atomic mass is 9.97. The van der Waals surface area contributed by atoms with E-state index in [1.165, 1.54) is 11.3 Å². The van der Waals surface area contributed by atoms with Gasteiger partial charge >= 0.3 is 0 Å². The van der Waals surface area contributed by atoms with E-state index in [1.807, 2.05) is 35.8 Å². The Morgan fingerprint density at radius 3 is 2.90 bits per heavy atom. The zero-order valence-corrected chi connectivity index (χ0v) is 16.8. The fraction of sp³-hybridized carbons (Fsp3) is 0.250. The molecule has 0 saturated carbocycles. The molecule has 1 fully saturated rings. The van der Waals surface area contributed by atoms with Gasteiger partial charge in [0.05, 0.1) is 12.2 Å². The predicted octanol–water partition coefficient (Wildman–Crippen LogP) is 3.23. The van der Waals surface area contributed by atoms with Gasteiger partial charge in [-0.05, 0) is 37.1 Å². The van der Waals surface area contributed by atoms with Crippen molar-refractivity contribution in [2.24, 2.45) is 5.92 Å². The highest BCUT2D eigenvalue weighted by atomic mass is 32.1. The van der Waals surface area contributed by atoms with Gasteiger partial charge in [0, 0.05) is 30.9 Å². The van der Waals surface area contributed by atoms with Gasteiger partial charge in [-0.15, -0.1) is 21.5 Å². The van der Waals surface area contributed by atoms with E-state index in [1.54, 1.807) is 23.4 Å². The maximum Gasteiger partial charge on any atom is 0.231 e. The number of furan rings is 1. The molecule has 1 N–H and O–H groups in total. The Kier molecular flexibility index (Phi) is 4.98. The Balaban J connectivity index is 1.23. The molecule has 5 rings (SSSR count). The van der Waals surface area contributed by atoms with Gasteiger partial charge < -0.3 is 14.6 Å². The summed E-state index contributed by atoms with van der Waals surface area (Å²) in [6.45, 7) is 1.45. The molecule has 1 atom stereocenters. The largest absolute Gasteiger partial charge is 0.463 e. The van der Waals surface area contributed by atoms with E-state index in [-0.39, 0.29) is 11.8 Å². The molecule has 4 aromatic rings. The summed E-state index contributed by atoms with van der Waals surface area (Å²) in [6.07, 6.45) is 8.55. The maximum absolute atomic E-state index is 12.8. The second kappa shape index (κ2) is 8.07. The molecular formula is C20H19N7O2S. The highest BCUT2D eigenvalue weighted by Crippen LogP contribution is 2.27. The third-order valence-corrected chi connectivity index (χ3v) is 5.79. The van der Waals surface area contributed by atoms with E-state index < -0.39 is 0 Å². The molecule has 4 aromatic heterocycles. The lowest BCUT2D eigenvalue weighted by molar-refractivity contribution is -0.120. The SMILES string of the molecule is O=C(Nc1nc(-c2ccco2)cs1)C1CCCN(c2ccc(-n3ccnc3)nn2)C1. The topological polar surface area (TPSA) is 102 Å². The minimum absolute atomic E-state index is 0.0250. The fourth-order valence-electron chi connectivity index (χ4n) is 3.49. The third-order valence-electron chi connectivity index (χ3n) is 5.03. The molecule has 9 nitrogen and oxygen atoms in total. The zero-order valence-electron chi connectivity index (χ0n) is 16.0. The van der Waals surface area contributed by atoms with E-state index in [2.05, 4.69) is 30.4 Å². The van der Waals surface area contributed by atoms with Crippen LogP contribution in [0.4, 0.5) is 10.9 Å². The van der Waals surface area contributed by atoms with E-state index in [4.69, 9.17) is 4.42 Å². The molecule has 10 heteroatoms. The van der Waals surface area contributed by atoms with Crippen LogP contribution < -0.4 is 10.2 Å². The number of nitrogens with zero attached hydrogens (tertiary/aromatic N) is 6. The minimum Gasteiger partial charge on any atom is -0.463 e. The summed E-state index contributed by atoms with van der Waals surface area (Å²) in [5.74, 6) is 2.01. The second-order valence-electron chi connectivity index (χ2n) is 7.01. The molecule has 5 heterocycles. The van der Waals surface area contributed by atoms with Crippen molar-refractivity contribution in [2.45, 2.75) is 12.8 Å². The molecule has 0 bridgehead atoms. The quantitative estimate of drug-likeness (QED) is 0.528. The maximum atomic E-state index is 12.8. The number of imidazole rings is 1. The average Bonchev–Trinajstić information content (AvgIpc) is 3.56. The summed E-state index contributed by atoms with van der Waals surface area (Å²) in [5, 5.41) is 14.0. The zero-order chi connectivity index (χ0) is 20.3. The molecule has 30 heavy (non-hydrogen) atoms. The highest BCUT2D eigenvalue weighted by Gasteiger charge is 2.27. The van der Waals surface area contributed by atoms with Crippen LogP contribution in [0.5, 0.6) is 0 Å². The number of rotatable bonds is 5. The lowest BCUT2D eigenvalue weighted by Crippen LogP contribution is -2.41. The Hall–Kier alpha value is -3.53. The van der Waals surface area contributed by atoms with Crippen molar-refractivity contribution in [2.75, 3.05) is 23.3 Å². The van der Waals surface area contributed by atoms with Crippen molar-refractivity contribution in [1.29, 1.82) is 0 Å². The number of nitrogens with one attached hydrogen (secondary N) is 1. The Labute approximate surface area is 176 Å². The fourth-order valence-corrected chi connectivity index (χ4v) is 4.20. The summed E-state index contributed by atoms with van der Waals surface area (Å²) in [5.41, 5.74) is 0.721. The van der Waals surface area contributed by atoms with Crippen molar-refractivity contribution < 1.29 is 9.21 Å². The number of amides is 1. The van der Waals surface area contributed by atoms with E-state index in [9.17, 15) is 4.79 Å². The van der Waals surface area contributed by atoms with Gasteiger partial charge in [-0.25, -0.2) is 9.97 Å². The van der Waals surface area contributed by atoms with Crippen molar-refractivity contribution in [3.8, 4) is 17.3 Å². The molecular weight excluding hydrogens is 402 g/mol. The number of hydrogen-bond acceptors (Lipinski definition) is 8. The van der Waals surface area contributed by atoms with Crippen LogP contribution in [0.3, 0.4) is 0 Å². The molecule has 1 aliphatic rings. The number of anilines is 2. The third kappa shape index (κ3) is 3.81. The van der Waals surface area contributed by atoms with Crippen molar-refractivity contribution in [1.82, 2.24) is 24.7 Å². The monoisotopic (exact) mass is 421 g/mol. The molecule has 0 radical (unpaired) electrons. The first-order valence-corrected chi connectivity index (χ1v) is 10.5. The molecule has 1 saturated heterocycles. The summed E-state index contributed by atoms with van der Waals surface area (Å²) in [7, 11) is 0. The molecule has 1 unspecified atom stereocenters. The normalized spacial score (nSPS) is 16.5. The molecule has 0 aliphatic carbocycles. The van der Waals surface area contributed by atoms with Crippen LogP contribution in [0.25, 0.3) is 17.3 Å². The second-order valence-corrected chi connectivity index (χ2v) is 7.87. The molecule has 1 aliphatic heterocycles. The van der Waals surface area contributed by atoms with Gasteiger partial charge in [0.15, 0.2) is 22.5 Å². The Morgan fingerprint density at radius 2 is 2.13 bits per heavy atom. The van der Waals surface area contributed by atoms with Crippen molar-refractivity contribution in [3.05, 3.63) is 54.6 Å². The summed E-state index contributed by atoms with van der Waals surface area (Å²) >= 11 is 1.39. The van der Waals surface area contributed by atoms with Crippen LogP contribution in [0.15, 0.2) is 59.0 Å². The molecule has 152 valence electrons. The van der Waals surface area contributed by atoms with Gasteiger partial charge in [-0.1, -0.05) is 0 Å². The van der Waals surface area contributed by atoms with Crippen LogP contribution in [0.2, 0.25) is 0 Å². The minimum atomic E-state index is -0.134. The van der Waals surface area contributed by atoms with Gasteiger partial charge in [-0.3, -0.25) is 9.36 Å². The lowest BCUT2D eigenvalue weighted by Gasteiger charge is -2.32. The molecule has 1 amide bonds. The first-order chi connectivity index (χ1) is 14.8. The van der Waals surface area contributed by atoms with E-state index >= 15 is 0 Å². The highest BCUT2D eigenvalue weighted by molar-refractivity contribution is 7.14. The summed E-state index contributed by atoms with van der Waals surface area (Å²) in [6, 6.07) is 7.49. The number of aromatic nitrogens is 5. The standard InChI is InChI=1S/C20H19N7O2S/c28-19(23-20-22-15(12-30-20)16-4-2-10-29-16)14-3-1-8-26(11-14)17-5-6-18(25-24-17)27-9-7-21-13-27/h2,4-7,9-10,12-14H,1,3,8,11H2,(H,22,23,28). The van der Waals surface area contributed by atoms with Crippen LogP contribution in [-0.4, -0.2) is 43.7 Å². The van der Waals surface area contributed by atoms with Crippen molar-refractivity contribution in [3.63, 3.8) is 0 Å². The Bertz CT molecular complexity index is 1110. The first kappa shape index (κ1) is 18.5. The van der Waals surface area contributed by atoms with Gasteiger partial charge in [0.1, 0.15) is 12.0 Å². The van der Waals surface area contributed by atoms with Crippen LogP contribution >= 0.6 is 11.3 Å². The van der Waals surface area contributed by atoms with Gasteiger partial charge in [0.25, 0.3) is 0 Å². The number of carbonyl (C=O) groups is 1. The number of thiazole rings is 1. The van der Waals surface area contributed by atoms with Gasteiger partial charge in [-0.2, -0.15) is 0 Å². The predicted molar refractivity (Wildman–Crippen MR) is 113 cm³/mol. The van der Waals surface area contributed by atoms with E-state index in [0.29, 0.717) is 23.3 Å². The summed E-state index contributed by atoms with van der Waals surface area (Å²) < 4.78 is 7.16. The van der Waals surface area contributed by atoms with Gasteiger partial charge in [0.2, 0.25) is 5.91 Å². The summed E-state index contributed by atoms with van der Waals surface area (Å²) in [4.78, 5) is 23.4. The first-order valence-electron chi connectivity index (χ1n) is 9.63. The van der Waals surface area contributed by atoms with Crippen LogP contribution in [-0.2, 0) is 4.79 Å². The Morgan fingerprint density at radius 1 is 1.23 bits per heavy atom. The van der Waals surface area contributed by atoms with E-state index in [0.717, 1.165) is 30.9 Å². The smallest absolute Gasteiger partial charge is 0.231 e. The molecule has 0 spiro atoms. The number of piperidine rings is 1. The van der Waals surface area contributed by atoms with Crippen molar-refractivity contribution >= 4 is 28.2 Å².